The molecule has 7 heteroatoms. The van der Waals surface area contributed by atoms with Crippen molar-refractivity contribution in [1.82, 2.24) is 4.72 Å². The lowest BCUT2D eigenvalue weighted by atomic mass is 10.0. The van der Waals surface area contributed by atoms with Crippen molar-refractivity contribution in [3.63, 3.8) is 0 Å². The van der Waals surface area contributed by atoms with Crippen LogP contribution in [0, 0.1) is 5.82 Å². The van der Waals surface area contributed by atoms with Crippen molar-refractivity contribution in [3.05, 3.63) is 29.0 Å². The number of hydrogen-bond acceptors (Lipinski definition) is 3. The molecule has 0 aromatic heterocycles. The Labute approximate surface area is 116 Å². The van der Waals surface area contributed by atoms with Crippen LogP contribution in [0.5, 0.6) is 0 Å². The molecular formula is C12H15ClFNO3S. The molecule has 0 atom stereocenters. The molecule has 1 fully saturated rings. The van der Waals surface area contributed by atoms with Crippen LogP contribution in [0.25, 0.3) is 0 Å². The second-order valence-corrected chi connectivity index (χ2v) is 6.88. The van der Waals surface area contributed by atoms with Gasteiger partial charge in [-0.15, -0.1) is 0 Å². The van der Waals surface area contributed by atoms with Gasteiger partial charge in [0.2, 0.25) is 10.0 Å². The van der Waals surface area contributed by atoms with Crippen LogP contribution in [-0.2, 0) is 10.0 Å². The number of nitrogens with one attached hydrogen (secondary N) is 1. The van der Waals surface area contributed by atoms with Gasteiger partial charge in [0.1, 0.15) is 10.7 Å². The fraction of sp³-hybridized carbons (Fsp3) is 0.500. The van der Waals surface area contributed by atoms with E-state index in [1.165, 1.54) is 6.07 Å². The van der Waals surface area contributed by atoms with Crippen molar-refractivity contribution in [3.8, 4) is 0 Å². The third kappa shape index (κ3) is 3.08. The summed E-state index contributed by atoms with van der Waals surface area (Å²) in [6.45, 7) is -0.279. The third-order valence-electron chi connectivity index (χ3n) is 3.40. The zero-order chi connectivity index (χ0) is 14.1. The zero-order valence-electron chi connectivity index (χ0n) is 10.2. The molecule has 2 N–H and O–H groups in total. The monoisotopic (exact) mass is 307 g/mol. The van der Waals surface area contributed by atoms with Crippen molar-refractivity contribution in [2.75, 3.05) is 6.61 Å². The van der Waals surface area contributed by atoms with Crippen molar-refractivity contribution in [2.45, 2.75) is 36.1 Å². The van der Waals surface area contributed by atoms with E-state index >= 15 is 0 Å². The molecule has 1 saturated carbocycles. The second-order valence-electron chi connectivity index (χ2n) is 4.83. The van der Waals surface area contributed by atoms with Gasteiger partial charge < -0.3 is 5.11 Å². The molecule has 4 nitrogen and oxygen atoms in total. The summed E-state index contributed by atoms with van der Waals surface area (Å²) in [6, 6.07) is 3.18. The van der Waals surface area contributed by atoms with Gasteiger partial charge in [0.15, 0.2) is 0 Å². The van der Waals surface area contributed by atoms with Crippen molar-refractivity contribution in [2.24, 2.45) is 0 Å². The van der Waals surface area contributed by atoms with E-state index in [4.69, 9.17) is 11.6 Å². The molecule has 0 spiro atoms. The van der Waals surface area contributed by atoms with Crippen LogP contribution < -0.4 is 4.72 Å². The topological polar surface area (TPSA) is 66.4 Å². The van der Waals surface area contributed by atoms with Crippen LogP contribution in [-0.4, -0.2) is 25.7 Å². The molecule has 1 aromatic carbocycles. The molecule has 0 amide bonds. The van der Waals surface area contributed by atoms with Crippen LogP contribution in [0.1, 0.15) is 25.7 Å². The maximum absolute atomic E-state index is 13.2. The minimum atomic E-state index is -3.95. The lowest BCUT2D eigenvalue weighted by Gasteiger charge is -2.27. The van der Waals surface area contributed by atoms with Gasteiger partial charge in [-0.05, 0) is 31.0 Å². The molecule has 0 heterocycles. The molecule has 0 bridgehead atoms. The highest BCUT2D eigenvalue weighted by Gasteiger charge is 2.38. The molecule has 1 aliphatic rings. The van der Waals surface area contributed by atoms with E-state index in [1.807, 2.05) is 0 Å². The number of rotatable bonds is 4. The van der Waals surface area contributed by atoms with Gasteiger partial charge >= 0.3 is 0 Å². The first-order chi connectivity index (χ1) is 8.88. The van der Waals surface area contributed by atoms with E-state index in [1.54, 1.807) is 0 Å². The molecular weight excluding hydrogens is 293 g/mol. The largest absolute Gasteiger partial charge is 0.394 e. The van der Waals surface area contributed by atoms with E-state index < -0.39 is 21.4 Å². The Bertz CT molecular complexity index is 570. The van der Waals surface area contributed by atoms with Gasteiger partial charge in [-0.25, -0.2) is 17.5 Å². The van der Waals surface area contributed by atoms with Gasteiger partial charge in [0, 0.05) is 0 Å². The van der Waals surface area contributed by atoms with Gasteiger partial charge in [-0.2, -0.15) is 0 Å². The fourth-order valence-electron chi connectivity index (χ4n) is 2.37. The van der Waals surface area contributed by atoms with Crippen LogP contribution in [0.2, 0.25) is 5.02 Å². The molecule has 0 unspecified atom stereocenters. The number of benzene rings is 1. The number of halogens is 2. The average molecular weight is 308 g/mol. The lowest BCUT2D eigenvalue weighted by molar-refractivity contribution is 0.185. The third-order valence-corrected chi connectivity index (χ3v) is 5.46. The van der Waals surface area contributed by atoms with E-state index in [9.17, 15) is 17.9 Å². The van der Waals surface area contributed by atoms with Gasteiger partial charge in [-0.3, -0.25) is 0 Å². The summed E-state index contributed by atoms with van der Waals surface area (Å²) >= 11 is 5.81. The lowest BCUT2D eigenvalue weighted by Crippen LogP contribution is -2.49. The van der Waals surface area contributed by atoms with Gasteiger partial charge in [0.25, 0.3) is 0 Å². The van der Waals surface area contributed by atoms with E-state index in [2.05, 4.69) is 4.72 Å². The van der Waals surface area contributed by atoms with Crippen molar-refractivity contribution < 1.29 is 17.9 Å². The Morgan fingerprint density at radius 2 is 2.00 bits per heavy atom. The Kier molecular flexibility index (Phi) is 4.15. The second kappa shape index (κ2) is 5.36. The normalized spacial score (nSPS) is 18.7. The maximum atomic E-state index is 13.2. The summed E-state index contributed by atoms with van der Waals surface area (Å²) in [5.41, 5.74) is -0.853. The highest BCUT2D eigenvalue weighted by molar-refractivity contribution is 7.89. The predicted octanol–water partition coefficient (Wildman–Crippen LogP) is 2.06. The van der Waals surface area contributed by atoms with Crippen LogP contribution in [0.4, 0.5) is 4.39 Å². The maximum Gasteiger partial charge on any atom is 0.242 e. The molecule has 0 aliphatic heterocycles. The van der Waals surface area contributed by atoms with E-state index in [0.717, 1.165) is 25.0 Å². The molecule has 106 valence electrons. The first kappa shape index (κ1) is 14.7. The standard InChI is InChI=1S/C12H15ClFNO3S/c13-10-4-3-9(14)7-11(10)19(17,18)15-12(8-16)5-1-2-6-12/h3-4,7,15-16H,1-2,5-6,8H2. The Balaban J connectivity index is 2.34. The Hall–Kier alpha value is -0.690. The summed E-state index contributed by atoms with van der Waals surface area (Å²) in [5.74, 6) is -0.672. The highest BCUT2D eigenvalue weighted by atomic mass is 35.5. The van der Waals surface area contributed by atoms with Crippen LogP contribution >= 0.6 is 11.6 Å². The molecule has 0 radical (unpaired) electrons. The number of aliphatic hydroxyl groups excluding tert-OH is 1. The molecule has 2 rings (SSSR count). The number of hydrogen-bond donors (Lipinski definition) is 2. The summed E-state index contributed by atoms with van der Waals surface area (Å²) in [6.07, 6.45) is 2.82. The highest BCUT2D eigenvalue weighted by Crippen LogP contribution is 2.32. The summed E-state index contributed by atoms with van der Waals surface area (Å²) in [7, 11) is -3.95. The smallest absolute Gasteiger partial charge is 0.242 e. The SMILES string of the molecule is O=S(=O)(NC1(CO)CCCC1)c1cc(F)ccc1Cl. The molecule has 0 saturated heterocycles. The summed E-state index contributed by atoms with van der Waals surface area (Å²) in [5, 5.41) is 9.37. The minimum absolute atomic E-state index is 0.0417. The van der Waals surface area contributed by atoms with Crippen molar-refractivity contribution in [1.29, 1.82) is 0 Å². The fourth-order valence-corrected chi connectivity index (χ4v) is 4.33. The first-order valence-electron chi connectivity index (χ1n) is 5.98. The summed E-state index contributed by atoms with van der Waals surface area (Å²) < 4.78 is 40.1. The minimum Gasteiger partial charge on any atom is -0.394 e. The van der Waals surface area contributed by atoms with Gasteiger partial charge in [0.05, 0.1) is 17.2 Å². The van der Waals surface area contributed by atoms with E-state index in [0.29, 0.717) is 12.8 Å². The number of aliphatic hydroxyl groups is 1. The zero-order valence-corrected chi connectivity index (χ0v) is 11.8. The first-order valence-corrected chi connectivity index (χ1v) is 7.85. The average Bonchev–Trinajstić information content (AvgIpc) is 2.80. The molecule has 1 aliphatic carbocycles. The van der Waals surface area contributed by atoms with Crippen molar-refractivity contribution >= 4 is 21.6 Å². The van der Waals surface area contributed by atoms with E-state index in [-0.39, 0.29) is 16.5 Å². The summed E-state index contributed by atoms with van der Waals surface area (Å²) in [4.78, 5) is -0.297. The predicted molar refractivity (Wildman–Crippen MR) is 70.0 cm³/mol. The Morgan fingerprint density at radius 1 is 1.37 bits per heavy atom. The van der Waals surface area contributed by atoms with Crippen LogP contribution in [0.15, 0.2) is 23.1 Å². The van der Waals surface area contributed by atoms with Gasteiger partial charge in [-0.1, -0.05) is 24.4 Å². The number of sulfonamides is 1. The Morgan fingerprint density at radius 3 is 2.58 bits per heavy atom. The molecule has 1 aromatic rings. The molecule has 19 heavy (non-hydrogen) atoms. The van der Waals surface area contributed by atoms with Crippen LogP contribution in [0.3, 0.4) is 0 Å². The quantitative estimate of drug-likeness (QED) is 0.895.